The molecule has 2 aliphatic heterocycles. The second kappa shape index (κ2) is 5.69. The zero-order valence-electron chi connectivity index (χ0n) is 16.7. The Morgan fingerprint density at radius 1 is 1.14 bits per heavy atom. The molecule has 144 valence electrons. The van der Waals surface area contributed by atoms with Crippen molar-refractivity contribution in [3.8, 4) is 5.75 Å². The van der Waals surface area contributed by atoms with Gasteiger partial charge in [0.05, 0.1) is 5.69 Å². The third-order valence-electron chi connectivity index (χ3n) is 7.71. The van der Waals surface area contributed by atoms with Crippen molar-refractivity contribution in [3.63, 3.8) is 0 Å². The fraction of sp³-hybridized carbons (Fsp3) is 0.417. The van der Waals surface area contributed by atoms with Crippen molar-refractivity contribution in [3.05, 3.63) is 58.7 Å². The van der Waals surface area contributed by atoms with Gasteiger partial charge in [-0.25, -0.2) is 0 Å². The Labute approximate surface area is 165 Å². The van der Waals surface area contributed by atoms with Crippen LogP contribution in [0.4, 0.5) is 5.69 Å². The number of phenols is 1. The molecule has 2 heterocycles. The maximum atomic E-state index is 13.5. The van der Waals surface area contributed by atoms with Gasteiger partial charge in [-0.2, -0.15) is 0 Å². The number of phenolic OH excluding ortho intramolecular Hbond substituents is 1. The second-order valence-electron chi connectivity index (χ2n) is 9.22. The summed E-state index contributed by atoms with van der Waals surface area (Å²) >= 11 is 0. The summed E-state index contributed by atoms with van der Waals surface area (Å²) in [4.78, 5) is 20.0. The van der Waals surface area contributed by atoms with Gasteiger partial charge in [-0.3, -0.25) is 9.79 Å². The van der Waals surface area contributed by atoms with Gasteiger partial charge < -0.3 is 10.0 Å². The van der Waals surface area contributed by atoms with E-state index in [4.69, 9.17) is 0 Å². The molecule has 1 aliphatic carbocycles. The van der Waals surface area contributed by atoms with E-state index < -0.39 is 0 Å². The van der Waals surface area contributed by atoms with Crippen LogP contribution in [0.3, 0.4) is 0 Å². The monoisotopic (exact) mass is 374 g/mol. The fourth-order valence-electron chi connectivity index (χ4n) is 5.55. The zero-order valence-corrected chi connectivity index (χ0v) is 16.7. The Morgan fingerprint density at radius 3 is 2.79 bits per heavy atom. The summed E-state index contributed by atoms with van der Waals surface area (Å²) in [5.74, 6) is 0.449. The summed E-state index contributed by atoms with van der Waals surface area (Å²) in [5.41, 5.74) is 5.24. The van der Waals surface area contributed by atoms with Crippen LogP contribution in [0.15, 0.2) is 41.4 Å². The minimum Gasteiger partial charge on any atom is -0.508 e. The Balaban J connectivity index is 1.54. The number of piperidine rings is 1. The van der Waals surface area contributed by atoms with Crippen LogP contribution in [0, 0.1) is 5.41 Å². The Morgan fingerprint density at radius 2 is 1.96 bits per heavy atom. The van der Waals surface area contributed by atoms with Crippen LogP contribution in [0.25, 0.3) is 0 Å². The topological polar surface area (TPSA) is 52.9 Å². The van der Waals surface area contributed by atoms with Crippen molar-refractivity contribution < 1.29 is 9.90 Å². The van der Waals surface area contributed by atoms with Crippen LogP contribution in [0.1, 0.15) is 54.2 Å². The summed E-state index contributed by atoms with van der Waals surface area (Å²) in [6.45, 7) is 7.60. The molecule has 5 rings (SSSR count). The number of aliphatic imine (C=N–C) groups is 1. The average Bonchev–Trinajstić information content (AvgIpc) is 3.13. The van der Waals surface area contributed by atoms with Gasteiger partial charge in [-0.05, 0) is 65.3 Å². The first-order valence-corrected chi connectivity index (χ1v) is 10.1. The van der Waals surface area contributed by atoms with Gasteiger partial charge in [0, 0.05) is 36.2 Å². The quantitative estimate of drug-likeness (QED) is 0.804. The number of aromatic hydroxyl groups is 1. The molecule has 4 heteroatoms. The molecule has 0 radical (unpaired) electrons. The first kappa shape index (κ1) is 17.5. The predicted octanol–water partition coefficient (Wildman–Crippen LogP) is 4.41. The van der Waals surface area contributed by atoms with Crippen molar-refractivity contribution in [2.75, 3.05) is 6.54 Å². The molecule has 1 amide bonds. The molecule has 0 saturated carbocycles. The van der Waals surface area contributed by atoms with Crippen LogP contribution >= 0.6 is 0 Å². The largest absolute Gasteiger partial charge is 0.508 e. The highest BCUT2D eigenvalue weighted by atomic mass is 16.3. The number of amides is 1. The van der Waals surface area contributed by atoms with Crippen molar-refractivity contribution in [1.29, 1.82) is 0 Å². The van der Waals surface area contributed by atoms with E-state index in [0.717, 1.165) is 42.6 Å². The van der Waals surface area contributed by atoms with E-state index in [1.807, 2.05) is 36.5 Å². The van der Waals surface area contributed by atoms with Crippen molar-refractivity contribution >= 4 is 17.8 Å². The third kappa shape index (κ3) is 2.24. The summed E-state index contributed by atoms with van der Waals surface area (Å²) in [5, 5.41) is 10.1. The number of carbonyl (C=O) groups excluding carboxylic acids is 1. The Bertz CT molecular complexity index is 1020. The summed E-state index contributed by atoms with van der Waals surface area (Å²) < 4.78 is 0. The van der Waals surface area contributed by atoms with Crippen LogP contribution in [-0.4, -0.2) is 34.7 Å². The van der Waals surface area contributed by atoms with Crippen molar-refractivity contribution in [2.24, 2.45) is 10.4 Å². The molecule has 1 fully saturated rings. The lowest BCUT2D eigenvalue weighted by molar-refractivity contribution is -0.0263. The van der Waals surface area contributed by atoms with E-state index in [1.54, 1.807) is 6.07 Å². The standard InChI is InChI=1S/C24H26N2O2/c1-23(2)21-13-15-4-6-18(27)14-19(15)24(23,3)9-11-26(21)22(28)17-5-7-20-16(12-17)8-10-25-20/h4-7,10,12,14,21,27H,8-9,11,13H2,1-3H3/t21-,24+/m1/s1. The number of nitrogens with zero attached hydrogens (tertiary/aromatic N) is 2. The van der Waals surface area contributed by atoms with E-state index >= 15 is 0 Å². The van der Waals surface area contributed by atoms with Crippen molar-refractivity contribution in [2.45, 2.75) is 51.5 Å². The van der Waals surface area contributed by atoms with Gasteiger partial charge >= 0.3 is 0 Å². The SMILES string of the molecule is CC1(C)[C@H]2Cc3ccc(O)cc3[C@]1(C)CCN2C(=O)c1ccc2c(c1)CC=N2. The molecular weight excluding hydrogens is 348 g/mol. The number of hydrogen-bond donors (Lipinski definition) is 1. The maximum absolute atomic E-state index is 13.5. The van der Waals surface area contributed by atoms with E-state index in [-0.39, 0.29) is 22.8 Å². The zero-order chi connectivity index (χ0) is 19.7. The van der Waals surface area contributed by atoms with E-state index in [0.29, 0.717) is 5.75 Å². The maximum Gasteiger partial charge on any atom is 0.254 e. The number of likely N-dealkylation sites (tertiary alicyclic amines) is 1. The van der Waals surface area contributed by atoms with Gasteiger partial charge in [0.25, 0.3) is 5.91 Å². The van der Waals surface area contributed by atoms with E-state index in [2.05, 4.69) is 30.7 Å². The molecular formula is C24H26N2O2. The Hall–Kier alpha value is -2.62. The van der Waals surface area contributed by atoms with Gasteiger partial charge in [-0.15, -0.1) is 0 Å². The lowest BCUT2D eigenvalue weighted by Crippen LogP contribution is -2.64. The van der Waals surface area contributed by atoms with Gasteiger partial charge in [0.1, 0.15) is 5.75 Å². The lowest BCUT2D eigenvalue weighted by Gasteiger charge is -2.60. The Kier molecular flexibility index (Phi) is 3.55. The van der Waals surface area contributed by atoms with Gasteiger partial charge in [0.2, 0.25) is 0 Å². The van der Waals surface area contributed by atoms with E-state index in [1.165, 1.54) is 11.1 Å². The molecule has 4 nitrogen and oxygen atoms in total. The molecule has 1 saturated heterocycles. The van der Waals surface area contributed by atoms with Crippen LogP contribution < -0.4 is 0 Å². The van der Waals surface area contributed by atoms with Crippen LogP contribution in [0.5, 0.6) is 5.75 Å². The highest BCUT2D eigenvalue weighted by Gasteiger charge is 2.56. The average molecular weight is 374 g/mol. The van der Waals surface area contributed by atoms with Gasteiger partial charge in [-0.1, -0.05) is 26.8 Å². The number of fused-ring (bicyclic) bond motifs is 5. The van der Waals surface area contributed by atoms with Crippen LogP contribution in [-0.2, 0) is 18.3 Å². The summed E-state index contributed by atoms with van der Waals surface area (Å²) in [6, 6.07) is 11.8. The van der Waals surface area contributed by atoms with Crippen molar-refractivity contribution in [1.82, 2.24) is 4.90 Å². The number of rotatable bonds is 1. The normalized spacial score (nSPS) is 26.7. The molecule has 0 spiro atoms. The highest BCUT2D eigenvalue weighted by molar-refractivity contribution is 5.96. The summed E-state index contributed by atoms with van der Waals surface area (Å²) in [7, 11) is 0. The predicted molar refractivity (Wildman–Crippen MR) is 111 cm³/mol. The molecule has 2 aromatic carbocycles. The number of carbonyl (C=O) groups is 1. The molecule has 28 heavy (non-hydrogen) atoms. The summed E-state index contributed by atoms with van der Waals surface area (Å²) in [6.07, 6.45) is 4.44. The minimum atomic E-state index is -0.0818. The molecule has 2 atom stereocenters. The second-order valence-corrected chi connectivity index (χ2v) is 9.22. The van der Waals surface area contributed by atoms with Gasteiger partial charge in [0.15, 0.2) is 0 Å². The third-order valence-corrected chi connectivity index (χ3v) is 7.71. The number of hydrogen-bond acceptors (Lipinski definition) is 3. The molecule has 3 aliphatic rings. The molecule has 2 aromatic rings. The smallest absolute Gasteiger partial charge is 0.254 e. The molecule has 2 bridgehead atoms. The molecule has 0 aromatic heterocycles. The minimum absolute atomic E-state index is 0.0630. The first-order chi connectivity index (χ1) is 13.3. The van der Waals surface area contributed by atoms with Crippen LogP contribution in [0.2, 0.25) is 0 Å². The number of benzene rings is 2. The fourth-order valence-corrected chi connectivity index (χ4v) is 5.55. The highest BCUT2D eigenvalue weighted by Crippen LogP contribution is 2.56. The lowest BCUT2D eigenvalue weighted by atomic mass is 9.51. The first-order valence-electron chi connectivity index (χ1n) is 10.1. The molecule has 0 unspecified atom stereocenters. The van der Waals surface area contributed by atoms with E-state index in [9.17, 15) is 9.90 Å². The molecule has 1 N–H and O–H groups in total.